The molecule has 1 unspecified atom stereocenters. The van der Waals surface area contributed by atoms with Crippen LogP contribution in [0.3, 0.4) is 0 Å². The van der Waals surface area contributed by atoms with Crippen molar-refractivity contribution in [2.75, 3.05) is 30.7 Å². The normalized spacial score (nSPS) is 12.7. The fourth-order valence-electron chi connectivity index (χ4n) is 1.93. The van der Waals surface area contributed by atoms with Crippen LogP contribution in [0.2, 0.25) is 0 Å². The number of alkyl halides is 2. The minimum absolute atomic E-state index is 0.00877. The van der Waals surface area contributed by atoms with Crippen molar-refractivity contribution in [1.82, 2.24) is 4.90 Å². The second-order valence-corrected chi connectivity index (χ2v) is 4.85. The van der Waals surface area contributed by atoms with Gasteiger partial charge in [0.05, 0.1) is 19.2 Å². The standard InChI is InChI=1S/C14H21F2N3O2/c1-9-3-4-11(17)7-12(9)18-14(21)10(2)19(5-6-20)8-13(15)16/h3-4,7,10,13,20H,5-6,8,17H2,1-2H3,(H,18,21). The summed E-state index contributed by atoms with van der Waals surface area (Å²) in [5, 5.41) is 11.6. The van der Waals surface area contributed by atoms with Crippen LogP contribution in [-0.4, -0.2) is 48.1 Å². The molecule has 0 aromatic heterocycles. The molecule has 1 amide bonds. The number of rotatable bonds is 7. The molecule has 0 saturated heterocycles. The topological polar surface area (TPSA) is 78.6 Å². The van der Waals surface area contributed by atoms with Gasteiger partial charge >= 0.3 is 0 Å². The average molecular weight is 301 g/mol. The molecule has 5 nitrogen and oxygen atoms in total. The Bertz CT molecular complexity index is 483. The molecule has 7 heteroatoms. The molecular weight excluding hydrogens is 280 g/mol. The Balaban J connectivity index is 2.78. The molecule has 1 aromatic carbocycles. The number of nitrogen functional groups attached to an aromatic ring is 1. The van der Waals surface area contributed by atoms with Gasteiger partial charge in [0.2, 0.25) is 5.91 Å². The van der Waals surface area contributed by atoms with Gasteiger partial charge in [-0.15, -0.1) is 0 Å². The highest BCUT2D eigenvalue weighted by atomic mass is 19.3. The Morgan fingerprint density at radius 1 is 1.48 bits per heavy atom. The van der Waals surface area contributed by atoms with E-state index >= 15 is 0 Å². The molecule has 1 atom stereocenters. The number of carbonyl (C=O) groups is 1. The van der Waals surface area contributed by atoms with E-state index in [1.807, 2.05) is 6.92 Å². The van der Waals surface area contributed by atoms with Crippen molar-refractivity contribution < 1.29 is 18.7 Å². The lowest BCUT2D eigenvalue weighted by molar-refractivity contribution is -0.121. The molecule has 0 heterocycles. The number of aliphatic hydroxyl groups is 1. The summed E-state index contributed by atoms with van der Waals surface area (Å²) in [7, 11) is 0. The molecule has 1 aromatic rings. The predicted molar refractivity (Wildman–Crippen MR) is 78.3 cm³/mol. The monoisotopic (exact) mass is 301 g/mol. The van der Waals surface area contributed by atoms with E-state index in [9.17, 15) is 13.6 Å². The van der Waals surface area contributed by atoms with Gasteiger partial charge in [-0.25, -0.2) is 8.78 Å². The predicted octanol–water partition coefficient (Wildman–Crippen LogP) is 1.46. The Labute approximate surface area is 122 Å². The van der Waals surface area contributed by atoms with Gasteiger partial charge in [-0.1, -0.05) is 6.07 Å². The third kappa shape index (κ3) is 5.28. The van der Waals surface area contributed by atoms with Crippen LogP contribution >= 0.6 is 0 Å². The highest BCUT2D eigenvalue weighted by molar-refractivity contribution is 5.95. The molecule has 0 saturated carbocycles. The summed E-state index contributed by atoms with van der Waals surface area (Å²) in [6.45, 7) is 2.49. The average Bonchev–Trinajstić information content (AvgIpc) is 2.41. The van der Waals surface area contributed by atoms with Crippen LogP contribution in [0.15, 0.2) is 18.2 Å². The minimum atomic E-state index is -2.57. The lowest BCUT2D eigenvalue weighted by Crippen LogP contribution is -2.45. The van der Waals surface area contributed by atoms with Crippen molar-refractivity contribution in [2.24, 2.45) is 0 Å². The Hall–Kier alpha value is -1.73. The smallest absolute Gasteiger partial charge is 0.251 e. The zero-order valence-corrected chi connectivity index (χ0v) is 12.1. The lowest BCUT2D eigenvalue weighted by Gasteiger charge is -2.27. The van der Waals surface area contributed by atoms with E-state index in [1.54, 1.807) is 18.2 Å². The van der Waals surface area contributed by atoms with Crippen LogP contribution < -0.4 is 11.1 Å². The quantitative estimate of drug-likeness (QED) is 0.666. The molecule has 21 heavy (non-hydrogen) atoms. The molecule has 0 radical (unpaired) electrons. The molecule has 0 aliphatic heterocycles. The zero-order chi connectivity index (χ0) is 16.0. The van der Waals surface area contributed by atoms with Crippen LogP contribution in [0.25, 0.3) is 0 Å². The molecule has 1 rings (SSSR count). The zero-order valence-electron chi connectivity index (χ0n) is 12.1. The number of aryl methyl sites for hydroxylation is 1. The summed E-state index contributed by atoms with van der Waals surface area (Å²) < 4.78 is 25.0. The molecule has 0 bridgehead atoms. The van der Waals surface area contributed by atoms with Gasteiger partial charge in [-0.2, -0.15) is 0 Å². The van der Waals surface area contributed by atoms with Gasteiger partial charge in [-0.05, 0) is 31.5 Å². The largest absolute Gasteiger partial charge is 0.399 e. The van der Waals surface area contributed by atoms with E-state index < -0.39 is 24.9 Å². The number of nitrogens with zero attached hydrogens (tertiary/aromatic N) is 1. The van der Waals surface area contributed by atoms with E-state index in [-0.39, 0.29) is 13.2 Å². The van der Waals surface area contributed by atoms with Crippen LogP contribution in [0.4, 0.5) is 20.2 Å². The Morgan fingerprint density at radius 3 is 2.71 bits per heavy atom. The number of aliphatic hydroxyl groups excluding tert-OH is 1. The number of benzene rings is 1. The maximum absolute atomic E-state index is 12.5. The minimum Gasteiger partial charge on any atom is -0.399 e. The van der Waals surface area contributed by atoms with Gasteiger partial charge in [0.25, 0.3) is 6.43 Å². The lowest BCUT2D eigenvalue weighted by atomic mass is 10.1. The summed E-state index contributed by atoms with van der Waals surface area (Å²) >= 11 is 0. The molecular formula is C14H21F2N3O2. The second kappa shape index (κ2) is 7.90. The van der Waals surface area contributed by atoms with E-state index in [0.29, 0.717) is 11.4 Å². The van der Waals surface area contributed by atoms with Crippen LogP contribution in [0.5, 0.6) is 0 Å². The van der Waals surface area contributed by atoms with Crippen molar-refractivity contribution in [1.29, 1.82) is 0 Å². The van der Waals surface area contributed by atoms with Crippen molar-refractivity contribution >= 4 is 17.3 Å². The first kappa shape index (κ1) is 17.3. The van der Waals surface area contributed by atoms with Gasteiger partial charge in [0, 0.05) is 17.9 Å². The van der Waals surface area contributed by atoms with E-state index in [0.717, 1.165) is 5.56 Å². The highest BCUT2D eigenvalue weighted by Crippen LogP contribution is 2.19. The third-order valence-corrected chi connectivity index (χ3v) is 3.21. The first-order valence-corrected chi connectivity index (χ1v) is 6.65. The fourth-order valence-corrected chi connectivity index (χ4v) is 1.93. The number of halogens is 2. The van der Waals surface area contributed by atoms with Crippen molar-refractivity contribution in [2.45, 2.75) is 26.3 Å². The molecule has 0 aliphatic rings. The number of nitrogens with one attached hydrogen (secondary N) is 1. The molecule has 0 spiro atoms. The molecule has 4 N–H and O–H groups in total. The molecule has 0 fully saturated rings. The van der Waals surface area contributed by atoms with Gasteiger partial charge in [0.15, 0.2) is 0 Å². The van der Waals surface area contributed by atoms with Crippen LogP contribution in [0, 0.1) is 6.92 Å². The SMILES string of the molecule is Cc1ccc(N)cc1NC(=O)C(C)N(CCO)CC(F)F. The second-order valence-electron chi connectivity index (χ2n) is 4.85. The van der Waals surface area contributed by atoms with Gasteiger partial charge < -0.3 is 16.2 Å². The first-order valence-electron chi connectivity index (χ1n) is 6.65. The molecule has 0 aliphatic carbocycles. The van der Waals surface area contributed by atoms with Crippen molar-refractivity contribution in [3.63, 3.8) is 0 Å². The third-order valence-electron chi connectivity index (χ3n) is 3.21. The fraction of sp³-hybridized carbons (Fsp3) is 0.500. The number of hydrogen-bond donors (Lipinski definition) is 3. The molecule has 118 valence electrons. The van der Waals surface area contributed by atoms with Crippen molar-refractivity contribution in [3.05, 3.63) is 23.8 Å². The first-order chi connectivity index (χ1) is 9.85. The summed E-state index contributed by atoms with van der Waals surface area (Å²) in [5.74, 6) is -0.419. The van der Waals surface area contributed by atoms with E-state index in [1.165, 1.54) is 11.8 Å². The van der Waals surface area contributed by atoms with Crippen LogP contribution in [0.1, 0.15) is 12.5 Å². The van der Waals surface area contributed by atoms with E-state index in [4.69, 9.17) is 10.8 Å². The number of carbonyl (C=O) groups excluding carboxylic acids is 1. The number of nitrogens with two attached hydrogens (primary N) is 1. The number of amides is 1. The van der Waals surface area contributed by atoms with Gasteiger partial charge in [-0.3, -0.25) is 9.69 Å². The Kier molecular flexibility index (Phi) is 6.51. The summed E-state index contributed by atoms with van der Waals surface area (Å²) in [6.07, 6.45) is -2.57. The van der Waals surface area contributed by atoms with Gasteiger partial charge in [0.1, 0.15) is 0 Å². The highest BCUT2D eigenvalue weighted by Gasteiger charge is 2.24. The summed E-state index contributed by atoms with van der Waals surface area (Å²) in [6, 6.07) is 4.31. The number of hydrogen-bond acceptors (Lipinski definition) is 4. The Morgan fingerprint density at radius 2 is 2.14 bits per heavy atom. The number of anilines is 2. The summed E-state index contributed by atoms with van der Waals surface area (Å²) in [4.78, 5) is 13.4. The maximum atomic E-state index is 12.5. The van der Waals surface area contributed by atoms with Crippen LogP contribution in [-0.2, 0) is 4.79 Å². The summed E-state index contributed by atoms with van der Waals surface area (Å²) in [5.41, 5.74) is 7.54. The van der Waals surface area contributed by atoms with Crippen molar-refractivity contribution in [3.8, 4) is 0 Å². The van der Waals surface area contributed by atoms with E-state index in [2.05, 4.69) is 5.32 Å². The maximum Gasteiger partial charge on any atom is 0.251 e.